The molecule has 33 heavy (non-hydrogen) atoms. The minimum atomic E-state index is -0.989. The summed E-state index contributed by atoms with van der Waals surface area (Å²) in [4.78, 5) is 45.2. The van der Waals surface area contributed by atoms with Crippen LogP contribution < -0.4 is 16.2 Å². The lowest BCUT2D eigenvalue weighted by Crippen LogP contribution is -2.53. The molecule has 1 unspecified atom stereocenters. The number of nitrogens with zero attached hydrogens (tertiary/aromatic N) is 1. The molecule has 0 spiro atoms. The molecule has 2 aromatic carbocycles. The van der Waals surface area contributed by atoms with Crippen molar-refractivity contribution in [2.75, 3.05) is 0 Å². The molecule has 4 aromatic rings. The van der Waals surface area contributed by atoms with Gasteiger partial charge in [0.25, 0.3) is 17.7 Å². The lowest BCUT2D eigenvalue weighted by Gasteiger charge is -2.19. The van der Waals surface area contributed by atoms with Gasteiger partial charge in [-0.2, -0.15) is 0 Å². The third kappa shape index (κ3) is 5.19. The molecule has 8 nitrogen and oxygen atoms in total. The van der Waals surface area contributed by atoms with Crippen molar-refractivity contribution in [1.29, 1.82) is 0 Å². The number of nitrogens with one attached hydrogen (secondary N) is 4. The van der Waals surface area contributed by atoms with E-state index in [4.69, 9.17) is 11.6 Å². The molecule has 4 N–H and O–H groups in total. The predicted molar refractivity (Wildman–Crippen MR) is 125 cm³/mol. The number of para-hydroxylation sites is 1. The minimum absolute atomic E-state index is 0.145. The summed E-state index contributed by atoms with van der Waals surface area (Å²) in [5, 5.41) is 3.92. The Hall–Kier alpha value is -4.17. The van der Waals surface area contributed by atoms with Gasteiger partial charge in [-0.15, -0.1) is 0 Å². The van der Waals surface area contributed by atoms with Crippen LogP contribution in [0.25, 0.3) is 10.9 Å². The molecule has 0 aliphatic rings. The number of pyridine rings is 1. The van der Waals surface area contributed by atoms with E-state index >= 15 is 0 Å². The number of fused-ring (bicyclic) bond motifs is 1. The van der Waals surface area contributed by atoms with Crippen LogP contribution in [0.3, 0.4) is 0 Å². The number of halogens is 1. The average Bonchev–Trinajstić information content (AvgIpc) is 3.25. The van der Waals surface area contributed by atoms with Crippen LogP contribution in [-0.4, -0.2) is 33.7 Å². The van der Waals surface area contributed by atoms with Crippen molar-refractivity contribution in [3.8, 4) is 0 Å². The summed E-state index contributed by atoms with van der Waals surface area (Å²) in [6, 6.07) is 18.1. The van der Waals surface area contributed by atoms with Gasteiger partial charge >= 0.3 is 0 Å². The molecule has 0 saturated carbocycles. The van der Waals surface area contributed by atoms with Crippen LogP contribution in [0.2, 0.25) is 5.02 Å². The lowest BCUT2D eigenvalue weighted by atomic mass is 10.0. The first-order valence-electron chi connectivity index (χ1n) is 10.1. The number of hydrogen-bond acceptors (Lipinski definition) is 4. The molecule has 166 valence electrons. The van der Waals surface area contributed by atoms with Gasteiger partial charge in [-0.05, 0) is 35.9 Å². The van der Waals surface area contributed by atoms with Crippen LogP contribution in [-0.2, 0) is 11.2 Å². The normalized spacial score (nSPS) is 11.5. The first-order valence-corrected chi connectivity index (χ1v) is 10.5. The fraction of sp³-hybridized carbons (Fsp3) is 0.0833. The van der Waals surface area contributed by atoms with E-state index in [2.05, 4.69) is 26.1 Å². The summed E-state index contributed by atoms with van der Waals surface area (Å²) in [6.07, 6.45) is 3.45. The van der Waals surface area contributed by atoms with Crippen LogP contribution in [0.1, 0.15) is 26.4 Å². The summed E-state index contributed by atoms with van der Waals surface area (Å²) in [5.74, 6) is -1.67. The van der Waals surface area contributed by atoms with E-state index in [1.165, 1.54) is 12.3 Å². The van der Waals surface area contributed by atoms with Gasteiger partial charge in [0.05, 0.1) is 10.6 Å². The fourth-order valence-corrected chi connectivity index (χ4v) is 3.60. The molecule has 0 aliphatic carbocycles. The van der Waals surface area contributed by atoms with Crippen LogP contribution in [0, 0.1) is 0 Å². The number of benzene rings is 2. The smallest absolute Gasteiger partial charge is 0.288 e. The molecule has 0 saturated heterocycles. The molecular formula is C24H20ClN5O3. The zero-order valence-corrected chi connectivity index (χ0v) is 18.1. The van der Waals surface area contributed by atoms with Crippen LogP contribution in [0.5, 0.6) is 0 Å². The van der Waals surface area contributed by atoms with Crippen molar-refractivity contribution in [2.45, 2.75) is 12.5 Å². The average molecular weight is 462 g/mol. The Balaban J connectivity index is 1.53. The number of aromatic nitrogens is 2. The molecule has 1 atom stereocenters. The summed E-state index contributed by atoms with van der Waals surface area (Å²) < 4.78 is 0. The highest BCUT2D eigenvalue weighted by atomic mass is 35.5. The lowest BCUT2D eigenvalue weighted by molar-refractivity contribution is -0.123. The van der Waals surface area contributed by atoms with Crippen LogP contribution >= 0.6 is 11.6 Å². The van der Waals surface area contributed by atoms with Crippen molar-refractivity contribution in [3.05, 3.63) is 101 Å². The largest absolute Gasteiger partial charge is 0.361 e. The van der Waals surface area contributed by atoms with Crippen molar-refractivity contribution >= 4 is 40.2 Å². The standard InChI is InChI=1S/C24H20ClN5O3/c25-18-9-3-1-8-17(18)22(31)28-21(13-15-14-27-19-10-4-2-7-16(15)19)24(33)30-29-23(32)20-11-5-6-12-26-20/h1-12,14,21,27H,13H2,(H,28,31)(H,29,32)(H,30,33). The summed E-state index contributed by atoms with van der Waals surface area (Å²) in [6.45, 7) is 0. The zero-order chi connectivity index (χ0) is 23.2. The second-order valence-corrected chi connectivity index (χ2v) is 7.64. The first-order chi connectivity index (χ1) is 16.0. The minimum Gasteiger partial charge on any atom is -0.361 e. The first kappa shape index (κ1) is 22.0. The summed E-state index contributed by atoms with van der Waals surface area (Å²) in [5.41, 5.74) is 6.84. The number of hydrogen-bond donors (Lipinski definition) is 4. The van der Waals surface area contributed by atoms with E-state index in [0.29, 0.717) is 0 Å². The molecule has 0 aliphatic heterocycles. The van der Waals surface area contributed by atoms with Gasteiger partial charge < -0.3 is 10.3 Å². The Labute approximate surface area is 194 Å². The molecular weight excluding hydrogens is 442 g/mol. The highest BCUT2D eigenvalue weighted by molar-refractivity contribution is 6.33. The van der Waals surface area contributed by atoms with Gasteiger partial charge in [0.2, 0.25) is 0 Å². The number of rotatable bonds is 6. The van der Waals surface area contributed by atoms with Gasteiger partial charge in [-0.1, -0.05) is 48.0 Å². The molecule has 3 amide bonds. The van der Waals surface area contributed by atoms with Crippen LogP contribution in [0.15, 0.2) is 79.1 Å². The van der Waals surface area contributed by atoms with E-state index in [9.17, 15) is 14.4 Å². The Kier molecular flexibility index (Phi) is 6.66. The van der Waals surface area contributed by atoms with Crippen LogP contribution in [0.4, 0.5) is 0 Å². The second-order valence-electron chi connectivity index (χ2n) is 7.23. The Morgan fingerprint density at radius 2 is 1.67 bits per heavy atom. The predicted octanol–water partition coefficient (Wildman–Crippen LogP) is 3.02. The van der Waals surface area contributed by atoms with E-state index in [1.54, 1.807) is 42.6 Å². The van der Waals surface area contributed by atoms with Crippen molar-refractivity contribution in [2.24, 2.45) is 0 Å². The number of carbonyl (C=O) groups excluding carboxylic acids is 3. The third-order valence-electron chi connectivity index (χ3n) is 5.04. The number of amides is 3. The van der Waals surface area contributed by atoms with E-state index in [0.717, 1.165) is 16.5 Å². The van der Waals surface area contributed by atoms with Gasteiger partial charge in [0, 0.05) is 29.7 Å². The molecule has 2 aromatic heterocycles. The SMILES string of the molecule is O=C(NNC(=O)C(Cc1c[nH]c2ccccc12)NC(=O)c1ccccc1Cl)c1ccccn1. The zero-order valence-electron chi connectivity index (χ0n) is 17.3. The van der Waals surface area contributed by atoms with E-state index in [1.807, 2.05) is 24.3 Å². The maximum absolute atomic E-state index is 13.0. The number of aromatic amines is 1. The second kappa shape index (κ2) is 9.97. The quantitative estimate of drug-likeness (QED) is 0.330. The monoisotopic (exact) mass is 461 g/mol. The molecule has 0 radical (unpaired) electrons. The summed E-state index contributed by atoms with van der Waals surface area (Å²) in [7, 11) is 0. The maximum atomic E-state index is 13.0. The number of carbonyl (C=O) groups is 3. The number of hydrazine groups is 1. The van der Waals surface area contributed by atoms with Gasteiger partial charge in [0.15, 0.2) is 0 Å². The molecule has 9 heteroatoms. The Morgan fingerprint density at radius 1 is 0.909 bits per heavy atom. The molecule has 2 heterocycles. The summed E-state index contributed by atoms with van der Waals surface area (Å²) >= 11 is 6.14. The van der Waals surface area contributed by atoms with Gasteiger partial charge in [0.1, 0.15) is 11.7 Å². The van der Waals surface area contributed by atoms with Crippen molar-refractivity contribution < 1.29 is 14.4 Å². The molecule has 0 bridgehead atoms. The molecule has 4 rings (SSSR count). The van der Waals surface area contributed by atoms with Gasteiger partial charge in [-0.25, -0.2) is 0 Å². The Morgan fingerprint density at radius 3 is 2.45 bits per heavy atom. The van der Waals surface area contributed by atoms with Gasteiger partial charge in [-0.3, -0.25) is 30.2 Å². The Bertz CT molecular complexity index is 1310. The number of H-pyrrole nitrogens is 1. The fourth-order valence-electron chi connectivity index (χ4n) is 3.38. The highest BCUT2D eigenvalue weighted by Crippen LogP contribution is 2.20. The highest BCUT2D eigenvalue weighted by Gasteiger charge is 2.24. The van der Waals surface area contributed by atoms with E-state index < -0.39 is 23.8 Å². The van der Waals surface area contributed by atoms with Crippen molar-refractivity contribution in [1.82, 2.24) is 26.1 Å². The van der Waals surface area contributed by atoms with Crippen molar-refractivity contribution in [3.63, 3.8) is 0 Å². The maximum Gasteiger partial charge on any atom is 0.288 e. The molecule has 0 fully saturated rings. The third-order valence-corrected chi connectivity index (χ3v) is 5.37. The topological polar surface area (TPSA) is 116 Å². The van der Waals surface area contributed by atoms with E-state index in [-0.39, 0.29) is 22.7 Å².